The largest absolute Gasteiger partial charge is 0.394 e. The van der Waals surface area contributed by atoms with Crippen LogP contribution in [0.1, 0.15) is 11.6 Å². The number of hydrogen-bond acceptors (Lipinski definition) is 3. The van der Waals surface area contributed by atoms with E-state index in [1.54, 1.807) is 0 Å². The summed E-state index contributed by atoms with van der Waals surface area (Å²) >= 11 is 6.03. The molecule has 0 amide bonds. The molecule has 0 spiro atoms. The Morgan fingerprint density at radius 3 is 2.57 bits per heavy atom. The molecule has 0 aliphatic carbocycles. The molecule has 1 atom stereocenters. The van der Waals surface area contributed by atoms with Gasteiger partial charge in [0.05, 0.1) is 12.6 Å². The average Bonchev–Trinajstić information content (AvgIpc) is 2.16. The SMILES string of the molecule is CN(C)c1ccc([C@H](N)CO)c(Cl)c1. The van der Waals surface area contributed by atoms with Crippen LogP contribution in [0.4, 0.5) is 5.69 Å². The Morgan fingerprint density at radius 2 is 2.14 bits per heavy atom. The summed E-state index contributed by atoms with van der Waals surface area (Å²) < 4.78 is 0. The Morgan fingerprint density at radius 1 is 1.50 bits per heavy atom. The lowest BCUT2D eigenvalue weighted by Crippen LogP contribution is -2.15. The van der Waals surface area contributed by atoms with Gasteiger partial charge in [-0.1, -0.05) is 17.7 Å². The van der Waals surface area contributed by atoms with E-state index in [4.69, 9.17) is 22.4 Å². The molecule has 0 aliphatic rings. The van der Waals surface area contributed by atoms with E-state index in [0.29, 0.717) is 5.02 Å². The predicted octanol–water partition coefficient (Wildman–Crippen LogP) is 1.40. The van der Waals surface area contributed by atoms with Crippen LogP contribution in [0.2, 0.25) is 5.02 Å². The zero-order valence-corrected chi connectivity index (χ0v) is 9.12. The Balaban J connectivity index is 3.01. The molecule has 0 aromatic heterocycles. The van der Waals surface area contributed by atoms with Gasteiger partial charge in [-0.25, -0.2) is 0 Å². The van der Waals surface area contributed by atoms with Crippen molar-refractivity contribution in [3.8, 4) is 0 Å². The minimum atomic E-state index is -0.404. The molecule has 0 bridgehead atoms. The molecule has 0 fully saturated rings. The van der Waals surface area contributed by atoms with Crippen LogP contribution < -0.4 is 10.6 Å². The first-order valence-corrected chi connectivity index (χ1v) is 4.77. The number of anilines is 1. The van der Waals surface area contributed by atoms with Gasteiger partial charge >= 0.3 is 0 Å². The highest BCUT2D eigenvalue weighted by Crippen LogP contribution is 2.25. The fourth-order valence-electron chi connectivity index (χ4n) is 1.19. The topological polar surface area (TPSA) is 49.5 Å². The minimum absolute atomic E-state index is 0.0962. The van der Waals surface area contributed by atoms with Crippen molar-refractivity contribution in [2.24, 2.45) is 5.73 Å². The molecule has 0 saturated heterocycles. The summed E-state index contributed by atoms with van der Waals surface area (Å²) in [6, 6.07) is 5.21. The number of nitrogens with two attached hydrogens (primary N) is 1. The van der Waals surface area contributed by atoms with Crippen molar-refractivity contribution in [2.75, 3.05) is 25.6 Å². The van der Waals surface area contributed by atoms with E-state index >= 15 is 0 Å². The van der Waals surface area contributed by atoms with Crippen molar-refractivity contribution < 1.29 is 5.11 Å². The second kappa shape index (κ2) is 4.64. The van der Waals surface area contributed by atoms with Gasteiger partial charge in [-0.2, -0.15) is 0 Å². The van der Waals surface area contributed by atoms with Gasteiger partial charge in [-0.05, 0) is 17.7 Å². The lowest BCUT2D eigenvalue weighted by Gasteiger charge is -2.16. The number of hydrogen-bond donors (Lipinski definition) is 2. The van der Waals surface area contributed by atoms with Crippen LogP contribution >= 0.6 is 11.6 Å². The van der Waals surface area contributed by atoms with Crippen LogP contribution in [0.5, 0.6) is 0 Å². The van der Waals surface area contributed by atoms with Crippen LogP contribution in [0, 0.1) is 0 Å². The average molecular weight is 215 g/mol. The maximum absolute atomic E-state index is 8.90. The monoisotopic (exact) mass is 214 g/mol. The second-order valence-electron chi connectivity index (χ2n) is 3.39. The molecule has 0 saturated carbocycles. The number of aliphatic hydroxyl groups is 1. The molecule has 1 aromatic carbocycles. The standard InChI is InChI=1S/C10H15ClN2O/c1-13(2)7-3-4-8(9(11)5-7)10(12)6-14/h3-5,10,14H,6,12H2,1-2H3/t10-/m1/s1. The lowest BCUT2D eigenvalue weighted by atomic mass is 10.1. The molecule has 0 aliphatic heterocycles. The Bertz CT molecular complexity index is 315. The third kappa shape index (κ3) is 2.38. The summed E-state index contributed by atoms with van der Waals surface area (Å²) in [6.45, 7) is -0.0962. The number of halogens is 1. The first kappa shape index (κ1) is 11.3. The van der Waals surface area contributed by atoms with Gasteiger partial charge in [-0.3, -0.25) is 0 Å². The van der Waals surface area contributed by atoms with Crippen molar-refractivity contribution in [1.29, 1.82) is 0 Å². The summed E-state index contributed by atoms with van der Waals surface area (Å²) in [5.74, 6) is 0. The van der Waals surface area contributed by atoms with Gasteiger partial charge < -0.3 is 15.7 Å². The molecule has 3 N–H and O–H groups in total. The van der Waals surface area contributed by atoms with E-state index in [1.807, 2.05) is 37.2 Å². The normalized spacial score (nSPS) is 12.6. The fourth-order valence-corrected chi connectivity index (χ4v) is 1.51. The summed E-state index contributed by atoms with van der Waals surface area (Å²) in [5.41, 5.74) is 7.47. The lowest BCUT2D eigenvalue weighted by molar-refractivity contribution is 0.268. The summed E-state index contributed by atoms with van der Waals surface area (Å²) in [6.07, 6.45) is 0. The van der Waals surface area contributed by atoms with Crippen LogP contribution in [0.3, 0.4) is 0 Å². The van der Waals surface area contributed by atoms with Crippen molar-refractivity contribution in [3.05, 3.63) is 28.8 Å². The van der Waals surface area contributed by atoms with Crippen LogP contribution in [0.25, 0.3) is 0 Å². The van der Waals surface area contributed by atoms with Gasteiger partial charge in [0, 0.05) is 24.8 Å². The van der Waals surface area contributed by atoms with E-state index in [1.165, 1.54) is 0 Å². The van der Waals surface area contributed by atoms with Gasteiger partial charge in [-0.15, -0.1) is 0 Å². The highest BCUT2D eigenvalue weighted by Gasteiger charge is 2.09. The van der Waals surface area contributed by atoms with E-state index in [-0.39, 0.29) is 6.61 Å². The van der Waals surface area contributed by atoms with Crippen molar-refractivity contribution in [2.45, 2.75) is 6.04 Å². The minimum Gasteiger partial charge on any atom is -0.394 e. The first-order valence-electron chi connectivity index (χ1n) is 4.39. The van der Waals surface area contributed by atoms with Gasteiger partial charge in [0.2, 0.25) is 0 Å². The summed E-state index contributed by atoms with van der Waals surface area (Å²) in [5, 5.41) is 9.49. The van der Waals surface area contributed by atoms with Gasteiger partial charge in [0.15, 0.2) is 0 Å². The number of nitrogens with zero attached hydrogens (tertiary/aromatic N) is 1. The fraction of sp³-hybridized carbons (Fsp3) is 0.400. The maximum atomic E-state index is 8.90. The molecular weight excluding hydrogens is 200 g/mol. The van der Waals surface area contributed by atoms with Gasteiger partial charge in [0.25, 0.3) is 0 Å². The molecule has 78 valence electrons. The molecule has 0 heterocycles. The maximum Gasteiger partial charge on any atom is 0.0624 e. The second-order valence-corrected chi connectivity index (χ2v) is 3.80. The highest BCUT2D eigenvalue weighted by atomic mass is 35.5. The summed E-state index contributed by atoms with van der Waals surface area (Å²) in [7, 11) is 3.88. The number of rotatable bonds is 3. The van der Waals surface area contributed by atoms with Crippen LogP contribution in [-0.4, -0.2) is 25.8 Å². The van der Waals surface area contributed by atoms with E-state index in [0.717, 1.165) is 11.3 Å². The third-order valence-corrected chi connectivity index (χ3v) is 2.42. The number of aliphatic hydroxyl groups excluding tert-OH is 1. The van der Waals surface area contributed by atoms with Crippen LogP contribution in [-0.2, 0) is 0 Å². The first-order chi connectivity index (χ1) is 6.56. The molecular formula is C10H15ClN2O. The predicted molar refractivity (Wildman–Crippen MR) is 59.8 cm³/mol. The van der Waals surface area contributed by atoms with E-state index < -0.39 is 6.04 Å². The molecule has 4 heteroatoms. The zero-order chi connectivity index (χ0) is 10.7. The van der Waals surface area contributed by atoms with Crippen LogP contribution in [0.15, 0.2) is 18.2 Å². The van der Waals surface area contributed by atoms with E-state index in [2.05, 4.69) is 0 Å². The van der Waals surface area contributed by atoms with Gasteiger partial charge in [0.1, 0.15) is 0 Å². The van der Waals surface area contributed by atoms with Crippen molar-refractivity contribution >= 4 is 17.3 Å². The Labute approximate surface area is 89.1 Å². The smallest absolute Gasteiger partial charge is 0.0624 e. The molecule has 0 radical (unpaired) electrons. The Hall–Kier alpha value is -0.770. The summed E-state index contributed by atoms with van der Waals surface area (Å²) in [4.78, 5) is 1.96. The molecule has 3 nitrogen and oxygen atoms in total. The molecule has 14 heavy (non-hydrogen) atoms. The zero-order valence-electron chi connectivity index (χ0n) is 8.37. The van der Waals surface area contributed by atoms with Crippen molar-refractivity contribution in [1.82, 2.24) is 0 Å². The Kier molecular flexibility index (Phi) is 3.75. The number of benzene rings is 1. The third-order valence-electron chi connectivity index (χ3n) is 2.10. The quantitative estimate of drug-likeness (QED) is 0.800. The van der Waals surface area contributed by atoms with E-state index in [9.17, 15) is 0 Å². The molecule has 0 unspecified atom stereocenters. The highest BCUT2D eigenvalue weighted by molar-refractivity contribution is 6.31. The molecule has 1 aromatic rings. The van der Waals surface area contributed by atoms with Crippen molar-refractivity contribution in [3.63, 3.8) is 0 Å². The molecule has 1 rings (SSSR count).